The zero-order valence-electron chi connectivity index (χ0n) is 20.0. The van der Waals surface area contributed by atoms with Crippen LogP contribution in [0.15, 0.2) is 70.1 Å². The van der Waals surface area contributed by atoms with Gasteiger partial charge < -0.3 is 4.90 Å². The number of rotatable bonds is 7. The van der Waals surface area contributed by atoms with Crippen LogP contribution in [0.5, 0.6) is 0 Å². The van der Waals surface area contributed by atoms with Gasteiger partial charge in [0.15, 0.2) is 5.78 Å². The number of carbonyl (C=O) groups excluding carboxylic acids is 1. The monoisotopic (exact) mass is 489 g/mol. The maximum absolute atomic E-state index is 13.5. The maximum atomic E-state index is 13.5. The molecule has 6 heteroatoms. The fourth-order valence-corrected chi connectivity index (χ4v) is 7.06. The number of benzene rings is 2. The largest absolute Gasteiger partial charge is 0.336 e. The van der Waals surface area contributed by atoms with Crippen LogP contribution in [0.3, 0.4) is 0 Å². The molecule has 2 aliphatic rings. The van der Waals surface area contributed by atoms with Crippen LogP contribution in [-0.2, 0) is 11.3 Å². The van der Waals surface area contributed by atoms with Gasteiger partial charge in [-0.15, -0.1) is 0 Å². The molecule has 3 aromatic rings. The number of hydrogen-bond donors (Lipinski definition) is 1. The van der Waals surface area contributed by atoms with E-state index in [-0.39, 0.29) is 11.7 Å². The highest BCUT2D eigenvalue weighted by Gasteiger charge is 2.47. The maximum Gasteiger partial charge on any atom is 0.263 e. The summed E-state index contributed by atoms with van der Waals surface area (Å²) in [6.07, 6.45) is 6.49. The summed E-state index contributed by atoms with van der Waals surface area (Å²) in [6, 6.07) is 17.0. The van der Waals surface area contributed by atoms with Crippen molar-refractivity contribution in [3.05, 3.63) is 70.2 Å². The SMILES string of the molecule is CCCC[NH+]=C1/C(=C\c2sc3ccccc3[n+]2CC)C(=O)C1/C=C1\Sc2ccccc2N1CC. The first kappa shape index (κ1) is 23.1. The van der Waals surface area contributed by atoms with Crippen LogP contribution in [-0.4, -0.2) is 24.6 Å². The molecule has 0 bridgehead atoms. The number of allylic oxidation sites excluding steroid dienone is 2. The Bertz CT molecular complexity index is 1330. The molecule has 2 aromatic carbocycles. The van der Waals surface area contributed by atoms with Crippen molar-refractivity contribution in [3.63, 3.8) is 0 Å². The van der Waals surface area contributed by atoms with Crippen molar-refractivity contribution in [2.75, 3.05) is 18.0 Å². The summed E-state index contributed by atoms with van der Waals surface area (Å²) in [6.45, 7) is 9.18. The van der Waals surface area contributed by atoms with Gasteiger partial charge in [-0.2, -0.15) is 4.57 Å². The van der Waals surface area contributed by atoms with Crippen LogP contribution in [0, 0.1) is 5.92 Å². The zero-order chi connectivity index (χ0) is 23.7. The second-order valence-electron chi connectivity index (χ2n) is 8.57. The molecule has 1 saturated carbocycles. The molecule has 4 nitrogen and oxygen atoms in total. The number of thioether (sulfide) groups is 1. The van der Waals surface area contributed by atoms with E-state index in [0.717, 1.165) is 53.8 Å². The standard InChI is InChI=1S/C28H30N3OS2/c1-4-7-16-29-27-19(17-25-30(5-2)21-12-8-10-14-23(21)33-25)28(32)20(27)18-26-31(6-3)22-13-9-11-15-24(22)34-26/h8-15,17-19H,4-7,16H2,1-3H3/q+1/p+1/b20-18+,25-17-,29-27?. The quantitative estimate of drug-likeness (QED) is 0.300. The number of aromatic nitrogens is 1. The number of aryl methyl sites for hydroxylation is 1. The predicted octanol–water partition coefficient (Wildman–Crippen LogP) is 4.59. The van der Waals surface area contributed by atoms with E-state index >= 15 is 0 Å². The van der Waals surface area contributed by atoms with Crippen molar-refractivity contribution in [2.45, 2.75) is 45.1 Å². The number of fused-ring (bicyclic) bond motifs is 2. The molecule has 0 spiro atoms. The summed E-state index contributed by atoms with van der Waals surface area (Å²) in [5, 5.41) is 2.28. The molecule has 0 radical (unpaired) electrons. The van der Waals surface area contributed by atoms with Gasteiger partial charge in [0.05, 0.1) is 16.3 Å². The molecule has 1 aliphatic heterocycles. The lowest BCUT2D eigenvalue weighted by atomic mass is 9.75. The Morgan fingerprint density at radius 2 is 1.88 bits per heavy atom. The van der Waals surface area contributed by atoms with Gasteiger partial charge in [0.2, 0.25) is 11.2 Å². The summed E-state index contributed by atoms with van der Waals surface area (Å²) in [7, 11) is 0. The molecule has 1 N–H and O–H groups in total. The highest BCUT2D eigenvalue weighted by atomic mass is 32.2. The summed E-state index contributed by atoms with van der Waals surface area (Å²) in [4.78, 5) is 20.7. The van der Waals surface area contributed by atoms with E-state index in [2.05, 4.69) is 95.9 Å². The normalized spacial score (nSPS) is 21.1. The zero-order valence-corrected chi connectivity index (χ0v) is 21.6. The fraction of sp³-hybridized carbons (Fsp3) is 0.321. The van der Waals surface area contributed by atoms with Crippen molar-refractivity contribution in [1.82, 2.24) is 0 Å². The highest BCUT2D eigenvalue weighted by Crippen LogP contribution is 2.46. The Kier molecular flexibility index (Phi) is 6.70. The molecule has 2 heterocycles. The van der Waals surface area contributed by atoms with Gasteiger partial charge in [0.25, 0.3) is 5.01 Å². The van der Waals surface area contributed by atoms with Crippen molar-refractivity contribution in [3.8, 4) is 0 Å². The number of thiazole rings is 1. The van der Waals surface area contributed by atoms with Crippen molar-refractivity contribution < 1.29 is 14.4 Å². The predicted molar refractivity (Wildman–Crippen MR) is 143 cm³/mol. The van der Waals surface area contributed by atoms with Crippen LogP contribution in [0.4, 0.5) is 5.69 Å². The molecule has 1 aromatic heterocycles. The summed E-state index contributed by atoms with van der Waals surface area (Å²) < 4.78 is 3.55. The van der Waals surface area contributed by atoms with Crippen LogP contribution in [0.2, 0.25) is 0 Å². The molecule has 0 saturated heterocycles. The number of ketones is 1. The summed E-state index contributed by atoms with van der Waals surface area (Å²) >= 11 is 3.52. The first-order valence-corrected chi connectivity index (χ1v) is 13.8. The third-order valence-corrected chi connectivity index (χ3v) is 8.72. The average Bonchev–Trinajstić information content (AvgIpc) is 3.41. The molecule has 1 aliphatic carbocycles. The Morgan fingerprint density at radius 1 is 1.09 bits per heavy atom. The lowest BCUT2D eigenvalue weighted by Crippen LogP contribution is -2.78. The van der Waals surface area contributed by atoms with Crippen molar-refractivity contribution in [2.24, 2.45) is 5.92 Å². The van der Waals surface area contributed by atoms with Gasteiger partial charge in [-0.3, -0.25) is 4.79 Å². The van der Waals surface area contributed by atoms with Crippen LogP contribution < -0.4 is 14.5 Å². The minimum Gasteiger partial charge on any atom is -0.336 e. The van der Waals surface area contributed by atoms with E-state index in [0.29, 0.717) is 0 Å². The second kappa shape index (κ2) is 9.88. The van der Waals surface area contributed by atoms with Gasteiger partial charge in [-0.25, -0.2) is 4.99 Å². The molecule has 5 rings (SSSR count). The Hall–Kier alpha value is -2.70. The Balaban J connectivity index is 1.51. The van der Waals surface area contributed by atoms with E-state index in [9.17, 15) is 4.79 Å². The highest BCUT2D eigenvalue weighted by molar-refractivity contribution is 8.03. The third kappa shape index (κ3) is 4.03. The number of hydrogen-bond acceptors (Lipinski definition) is 4. The van der Waals surface area contributed by atoms with Gasteiger partial charge in [-0.1, -0.05) is 60.7 Å². The Morgan fingerprint density at radius 3 is 2.68 bits per heavy atom. The molecule has 174 valence electrons. The number of anilines is 1. The van der Waals surface area contributed by atoms with E-state index < -0.39 is 0 Å². The van der Waals surface area contributed by atoms with E-state index in [4.69, 9.17) is 0 Å². The van der Waals surface area contributed by atoms with Gasteiger partial charge in [0, 0.05) is 30.0 Å². The van der Waals surface area contributed by atoms with Gasteiger partial charge >= 0.3 is 0 Å². The molecule has 0 amide bonds. The topological polar surface area (TPSA) is 38.2 Å². The minimum absolute atomic E-state index is 0.208. The number of para-hydroxylation sites is 2. The molecular weight excluding hydrogens is 458 g/mol. The molecule has 1 unspecified atom stereocenters. The first-order valence-electron chi connectivity index (χ1n) is 12.2. The van der Waals surface area contributed by atoms with Crippen molar-refractivity contribution in [1.29, 1.82) is 0 Å². The average molecular weight is 490 g/mol. The van der Waals surface area contributed by atoms with Crippen LogP contribution in [0.25, 0.3) is 16.3 Å². The van der Waals surface area contributed by atoms with E-state index in [1.54, 1.807) is 23.1 Å². The van der Waals surface area contributed by atoms with Gasteiger partial charge in [-0.05, 0) is 38.1 Å². The number of carbonyl (C=O) groups is 1. The summed E-state index contributed by atoms with van der Waals surface area (Å²) in [5.74, 6) is -0.00219. The number of nitrogens with one attached hydrogen (secondary N) is 1. The van der Waals surface area contributed by atoms with E-state index in [1.807, 2.05) is 0 Å². The Labute approximate surface area is 209 Å². The lowest BCUT2D eigenvalue weighted by Gasteiger charge is -2.25. The smallest absolute Gasteiger partial charge is 0.263 e. The lowest BCUT2D eigenvalue weighted by molar-refractivity contribution is -0.665. The number of unbranched alkanes of at least 4 members (excludes halogenated alkanes) is 1. The molecular formula is C28H31N3OS2+2. The van der Waals surface area contributed by atoms with Crippen LogP contribution >= 0.6 is 23.1 Å². The van der Waals surface area contributed by atoms with Crippen molar-refractivity contribution >= 4 is 56.6 Å². The number of Topliss-reactive ketones (excluding diaryl/α,β-unsaturated/α-hetero) is 1. The van der Waals surface area contributed by atoms with Gasteiger partial charge in [0.1, 0.15) is 23.7 Å². The first-order chi connectivity index (χ1) is 16.7. The van der Waals surface area contributed by atoms with E-state index in [1.165, 1.54) is 20.8 Å². The third-order valence-electron chi connectivity index (χ3n) is 6.48. The summed E-state index contributed by atoms with van der Waals surface area (Å²) in [5.41, 5.74) is 4.36. The molecule has 1 atom stereocenters. The van der Waals surface area contributed by atoms with Crippen LogP contribution in [0.1, 0.15) is 38.6 Å². The molecule has 34 heavy (non-hydrogen) atoms. The minimum atomic E-state index is -0.210. The number of nitrogens with zero attached hydrogens (tertiary/aromatic N) is 2. The molecule has 1 fully saturated rings. The second-order valence-corrected chi connectivity index (χ2v) is 10.7. The fourth-order valence-electron chi connectivity index (χ4n) is 4.69.